The van der Waals surface area contributed by atoms with Gasteiger partial charge < -0.3 is 9.64 Å². The van der Waals surface area contributed by atoms with E-state index in [4.69, 9.17) is 4.74 Å². The number of benzene rings is 1. The van der Waals surface area contributed by atoms with E-state index in [1.165, 1.54) is 12.1 Å². The number of amides is 1. The number of carbonyl (C=O) groups excluding carboxylic acids is 1. The number of allylic oxidation sites excluding steroid dienone is 1. The second kappa shape index (κ2) is 7.64. The van der Waals surface area contributed by atoms with Crippen LogP contribution in [0.5, 0.6) is 0 Å². The van der Waals surface area contributed by atoms with Crippen LogP contribution >= 0.6 is 0 Å². The van der Waals surface area contributed by atoms with Crippen LogP contribution in [0.1, 0.15) is 35.7 Å². The molecule has 0 unspecified atom stereocenters. The third-order valence-corrected chi connectivity index (χ3v) is 3.79. The maximum absolute atomic E-state index is 12.6. The third-order valence-electron chi connectivity index (χ3n) is 3.79. The minimum Gasteiger partial charge on any atom is -0.372 e. The number of likely N-dealkylation sites (tertiary alicyclic amines) is 1. The van der Waals surface area contributed by atoms with Crippen molar-refractivity contribution in [1.82, 2.24) is 4.90 Å². The van der Waals surface area contributed by atoms with Crippen LogP contribution < -0.4 is 0 Å². The van der Waals surface area contributed by atoms with E-state index in [1.807, 2.05) is 19.1 Å². The van der Waals surface area contributed by atoms with Gasteiger partial charge in [-0.2, -0.15) is 13.2 Å². The Kier molecular flexibility index (Phi) is 5.82. The van der Waals surface area contributed by atoms with Gasteiger partial charge in [-0.15, -0.1) is 0 Å². The lowest BCUT2D eigenvalue weighted by molar-refractivity contribution is -0.137. The molecule has 0 bridgehead atoms. The highest BCUT2D eigenvalue weighted by atomic mass is 19.4. The molecule has 0 spiro atoms. The van der Waals surface area contributed by atoms with Gasteiger partial charge in [0.15, 0.2) is 0 Å². The predicted molar refractivity (Wildman–Crippen MR) is 81.1 cm³/mol. The van der Waals surface area contributed by atoms with Crippen LogP contribution in [-0.2, 0) is 10.9 Å². The van der Waals surface area contributed by atoms with Crippen molar-refractivity contribution in [1.29, 1.82) is 0 Å². The molecule has 1 aromatic rings. The lowest BCUT2D eigenvalue weighted by Gasteiger charge is -2.32. The van der Waals surface area contributed by atoms with E-state index < -0.39 is 11.7 Å². The van der Waals surface area contributed by atoms with Crippen molar-refractivity contribution >= 4 is 5.91 Å². The Balaban J connectivity index is 1.99. The summed E-state index contributed by atoms with van der Waals surface area (Å²) in [6.07, 6.45) is 1.09. The Morgan fingerprint density at radius 1 is 1.35 bits per heavy atom. The van der Waals surface area contributed by atoms with E-state index >= 15 is 0 Å². The van der Waals surface area contributed by atoms with Crippen molar-refractivity contribution in [2.45, 2.75) is 32.0 Å². The van der Waals surface area contributed by atoms with Gasteiger partial charge in [-0.25, -0.2) is 0 Å². The molecular weight excluding hydrogens is 307 g/mol. The molecule has 1 amide bonds. The highest BCUT2D eigenvalue weighted by Gasteiger charge is 2.31. The van der Waals surface area contributed by atoms with Crippen molar-refractivity contribution in [3.05, 3.63) is 47.5 Å². The van der Waals surface area contributed by atoms with Gasteiger partial charge in [-0.05, 0) is 44.0 Å². The molecule has 1 aliphatic rings. The molecule has 0 saturated carbocycles. The number of alkyl halides is 3. The normalized spacial score (nSPS) is 19.3. The average molecular weight is 327 g/mol. The zero-order valence-electron chi connectivity index (χ0n) is 13.0. The highest BCUT2D eigenvalue weighted by Crippen LogP contribution is 2.29. The van der Waals surface area contributed by atoms with Crippen LogP contribution in [0, 0.1) is 0 Å². The molecular formula is C17H20F3NO2. The van der Waals surface area contributed by atoms with Gasteiger partial charge in [0, 0.05) is 18.7 Å². The summed E-state index contributed by atoms with van der Waals surface area (Å²) in [7, 11) is 0. The van der Waals surface area contributed by atoms with Crippen molar-refractivity contribution in [2.24, 2.45) is 0 Å². The first-order valence-electron chi connectivity index (χ1n) is 7.61. The first kappa shape index (κ1) is 17.5. The van der Waals surface area contributed by atoms with Crippen LogP contribution in [0.3, 0.4) is 0 Å². The Morgan fingerprint density at radius 3 is 2.65 bits per heavy atom. The highest BCUT2D eigenvalue weighted by molar-refractivity contribution is 5.94. The summed E-state index contributed by atoms with van der Waals surface area (Å²) in [6, 6.07) is 4.35. The quantitative estimate of drug-likeness (QED) is 0.785. The predicted octanol–water partition coefficient (Wildman–Crippen LogP) is 3.90. The summed E-state index contributed by atoms with van der Waals surface area (Å²) >= 11 is 0. The molecule has 0 aliphatic carbocycles. The molecule has 126 valence electrons. The Hall–Kier alpha value is -1.82. The van der Waals surface area contributed by atoms with Crippen LogP contribution in [0.15, 0.2) is 36.4 Å². The molecule has 0 aromatic heterocycles. The molecule has 1 fully saturated rings. The molecule has 1 saturated heterocycles. The van der Waals surface area contributed by atoms with Gasteiger partial charge in [0.2, 0.25) is 0 Å². The maximum atomic E-state index is 12.6. The molecule has 1 aliphatic heterocycles. The van der Waals surface area contributed by atoms with Crippen LogP contribution in [0.4, 0.5) is 13.2 Å². The summed E-state index contributed by atoms with van der Waals surface area (Å²) in [6.45, 7) is 3.48. The maximum Gasteiger partial charge on any atom is 0.416 e. The Bertz CT molecular complexity index is 552. The number of carbonyl (C=O) groups is 1. The second-order valence-corrected chi connectivity index (χ2v) is 5.49. The van der Waals surface area contributed by atoms with E-state index in [2.05, 4.69) is 0 Å². The lowest BCUT2D eigenvalue weighted by Crippen LogP contribution is -2.43. The number of piperidine rings is 1. The molecule has 0 radical (unpaired) electrons. The van der Waals surface area contributed by atoms with Crippen LogP contribution in [0.2, 0.25) is 0 Å². The molecule has 1 aromatic carbocycles. The summed E-state index contributed by atoms with van der Waals surface area (Å²) in [5, 5.41) is 0. The zero-order valence-corrected chi connectivity index (χ0v) is 13.0. The fourth-order valence-corrected chi connectivity index (χ4v) is 2.53. The number of hydrogen-bond acceptors (Lipinski definition) is 2. The zero-order chi connectivity index (χ0) is 16.9. The van der Waals surface area contributed by atoms with Gasteiger partial charge in [-0.3, -0.25) is 4.79 Å². The minimum absolute atomic E-state index is 0.0293. The van der Waals surface area contributed by atoms with Gasteiger partial charge in [0.05, 0.1) is 18.3 Å². The average Bonchev–Trinajstić information content (AvgIpc) is 2.54. The SMILES string of the molecule is C/C=C\CO[C@@H]1CCCN(C(=O)c2ccc(C(F)(F)F)cc2)C1. The smallest absolute Gasteiger partial charge is 0.372 e. The minimum atomic E-state index is -4.39. The van der Waals surface area contributed by atoms with Gasteiger partial charge in [0.25, 0.3) is 5.91 Å². The van der Waals surface area contributed by atoms with Gasteiger partial charge in [-0.1, -0.05) is 12.2 Å². The monoisotopic (exact) mass is 327 g/mol. The number of halogens is 3. The topological polar surface area (TPSA) is 29.5 Å². The Morgan fingerprint density at radius 2 is 2.04 bits per heavy atom. The molecule has 2 rings (SSSR count). The summed E-state index contributed by atoms with van der Waals surface area (Å²) in [5.41, 5.74) is -0.479. The molecule has 1 atom stereocenters. The number of nitrogens with zero attached hydrogens (tertiary/aromatic N) is 1. The number of ether oxygens (including phenoxy) is 1. The van der Waals surface area contributed by atoms with Gasteiger partial charge in [0.1, 0.15) is 0 Å². The van der Waals surface area contributed by atoms with Crippen molar-refractivity contribution < 1.29 is 22.7 Å². The van der Waals surface area contributed by atoms with E-state index in [0.29, 0.717) is 19.7 Å². The summed E-state index contributed by atoms with van der Waals surface area (Å²) in [4.78, 5) is 14.1. The fraction of sp³-hybridized carbons (Fsp3) is 0.471. The van der Waals surface area contributed by atoms with E-state index in [0.717, 1.165) is 25.0 Å². The molecule has 23 heavy (non-hydrogen) atoms. The Labute approximate surface area is 133 Å². The first-order chi connectivity index (χ1) is 10.9. The van der Waals surface area contributed by atoms with Gasteiger partial charge >= 0.3 is 6.18 Å². The fourth-order valence-electron chi connectivity index (χ4n) is 2.53. The van der Waals surface area contributed by atoms with E-state index in [9.17, 15) is 18.0 Å². The molecule has 1 heterocycles. The number of hydrogen-bond donors (Lipinski definition) is 0. The molecule has 6 heteroatoms. The number of rotatable bonds is 4. The van der Waals surface area contributed by atoms with Crippen LogP contribution in [0.25, 0.3) is 0 Å². The largest absolute Gasteiger partial charge is 0.416 e. The van der Waals surface area contributed by atoms with E-state index in [-0.39, 0.29) is 17.6 Å². The molecule has 3 nitrogen and oxygen atoms in total. The van der Waals surface area contributed by atoms with E-state index in [1.54, 1.807) is 4.90 Å². The van der Waals surface area contributed by atoms with Crippen molar-refractivity contribution in [3.63, 3.8) is 0 Å². The summed E-state index contributed by atoms with van der Waals surface area (Å²) < 4.78 is 43.3. The lowest BCUT2D eigenvalue weighted by atomic mass is 10.1. The summed E-state index contributed by atoms with van der Waals surface area (Å²) in [5.74, 6) is -0.252. The molecule has 0 N–H and O–H groups in total. The first-order valence-corrected chi connectivity index (χ1v) is 7.61. The second-order valence-electron chi connectivity index (χ2n) is 5.49. The van der Waals surface area contributed by atoms with Crippen LogP contribution in [-0.4, -0.2) is 36.6 Å². The standard InChI is InChI=1S/C17H20F3NO2/c1-2-3-11-23-15-5-4-10-21(12-15)16(22)13-6-8-14(9-7-13)17(18,19)20/h2-3,6-9,15H,4-5,10-12H2,1H3/b3-2-/t15-/m1/s1. The van der Waals surface area contributed by atoms with Crippen molar-refractivity contribution in [2.75, 3.05) is 19.7 Å². The third kappa shape index (κ3) is 4.82. The van der Waals surface area contributed by atoms with Crippen molar-refractivity contribution in [3.8, 4) is 0 Å².